The molecule has 0 aliphatic heterocycles. The fraction of sp³-hybridized carbons (Fsp3) is 0.188. The van der Waals surface area contributed by atoms with Crippen LogP contribution in [0.4, 0.5) is 62.6 Å². The molecule has 1 aliphatic rings. The van der Waals surface area contributed by atoms with Gasteiger partial charge in [-0.2, -0.15) is 0 Å². The van der Waals surface area contributed by atoms with Crippen LogP contribution in [-0.2, 0) is 0 Å². The van der Waals surface area contributed by atoms with E-state index < -0.39 is 0 Å². The Labute approximate surface area is 405 Å². The maximum atomic E-state index is 2.55. The summed E-state index contributed by atoms with van der Waals surface area (Å²) in [6.45, 7) is 22.6. The van der Waals surface area contributed by atoms with Crippen molar-refractivity contribution < 1.29 is 0 Å². The van der Waals surface area contributed by atoms with E-state index in [9.17, 15) is 0 Å². The van der Waals surface area contributed by atoms with Gasteiger partial charge in [-0.15, -0.1) is 0 Å². The van der Waals surface area contributed by atoms with Crippen LogP contribution in [0.3, 0.4) is 0 Å². The van der Waals surface area contributed by atoms with Crippen molar-refractivity contribution in [2.45, 2.75) is 81.2 Å². The molecule has 0 saturated carbocycles. The van der Waals surface area contributed by atoms with Gasteiger partial charge in [0.05, 0.1) is 5.54 Å². The molecule has 68 heavy (non-hydrogen) atoms. The van der Waals surface area contributed by atoms with Crippen LogP contribution in [0.2, 0.25) is 0 Å². The molecule has 340 valence electrons. The number of rotatable bonds is 12. The minimum atomic E-state index is -0.254. The zero-order valence-electron chi connectivity index (χ0n) is 41.5. The first-order valence-corrected chi connectivity index (χ1v) is 24.0. The number of para-hydroxylation sites is 3. The molecule has 0 spiro atoms. The Hall–Kier alpha value is -7.56. The van der Waals surface area contributed by atoms with E-state index in [1.165, 1.54) is 61.5 Å². The van der Waals surface area contributed by atoms with E-state index in [0.29, 0.717) is 0 Å². The molecule has 8 aromatic carbocycles. The maximum Gasteiger partial charge on any atom is 0.0645 e. The van der Waals surface area contributed by atoms with Gasteiger partial charge in [0.2, 0.25) is 0 Å². The van der Waals surface area contributed by atoms with Gasteiger partial charge in [0.25, 0.3) is 0 Å². The fourth-order valence-corrected chi connectivity index (χ4v) is 10.3. The lowest BCUT2D eigenvalue weighted by atomic mass is 9.86. The summed E-state index contributed by atoms with van der Waals surface area (Å²) in [6.07, 6.45) is 7.91. The number of anilines is 11. The highest BCUT2D eigenvalue weighted by atomic mass is 15.2. The van der Waals surface area contributed by atoms with Gasteiger partial charge in [-0.3, -0.25) is 0 Å². The van der Waals surface area contributed by atoms with Gasteiger partial charge in [-0.1, -0.05) is 103 Å². The van der Waals surface area contributed by atoms with Crippen molar-refractivity contribution in [1.82, 2.24) is 0 Å². The van der Waals surface area contributed by atoms with Crippen LogP contribution in [0.15, 0.2) is 200 Å². The van der Waals surface area contributed by atoms with E-state index in [0.717, 1.165) is 57.6 Å². The first-order chi connectivity index (χ1) is 32.8. The van der Waals surface area contributed by atoms with Gasteiger partial charge >= 0.3 is 0 Å². The molecule has 0 saturated heterocycles. The lowest BCUT2D eigenvalue weighted by Crippen LogP contribution is -2.43. The van der Waals surface area contributed by atoms with Crippen molar-refractivity contribution >= 4 is 62.6 Å². The predicted octanol–water partition coefficient (Wildman–Crippen LogP) is 18.4. The first-order valence-electron chi connectivity index (χ1n) is 24.0. The number of hydrogen-bond donors (Lipinski definition) is 0. The van der Waals surface area contributed by atoms with Crippen molar-refractivity contribution in [1.29, 1.82) is 0 Å². The van der Waals surface area contributed by atoms with Gasteiger partial charge in [0, 0.05) is 62.6 Å². The molecule has 0 bridgehead atoms. The monoisotopic (exact) mass is 889 g/mol. The first kappa shape index (κ1) is 45.6. The summed E-state index contributed by atoms with van der Waals surface area (Å²) in [4.78, 5) is 9.89. The Bertz CT molecular complexity index is 3020. The number of allylic oxidation sites excluding steroid dienone is 2. The molecule has 9 rings (SSSR count). The van der Waals surface area contributed by atoms with Crippen LogP contribution in [0.25, 0.3) is 0 Å². The van der Waals surface area contributed by atoms with Crippen molar-refractivity contribution in [3.8, 4) is 0 Å². The quantitative estimate of drug-likeness (QED) is 0.121. The van der Waals surface area contributed by atoms with Crippen LogP contribution < -0.4 is 19.6 Å². The van der Waals surface area contributed by atoms with Gasteiger partial charge in [-0.05, 0) is 217 Å². The van der Waals surface area contributed by atoms with E-state index in [-0.39, 0.29) is 5.54 Å². The molecule has 0 amide bonds. The molecular formula is C64H64N4. The summed E-state index contributed by atoms with van der Waals surface area (Å²) >= 11 is 0. The smallest absolute Gasteiger partial charge is 0.0645 e. The Balaban J connectivity index is 1.26. The normalized spacial score (nSPS) is 14.4. The average molecular weight is 889 g/mol. The van der Waals surface area contributed by atoms with E-state index in [2.05, 4.69) is 283 Å². The van der Waals surface area contributed by atoms with E-state index in [1.807, 2.05) is 0 Å². The molecular weight excluding hydrogens is 825 g/mol. The molecule has 8 aromatic rings. The highest BCUT2D eigenvalue weighted by Gasteiger charge is 2.34. The Kier molecular flexibility index (Phi) is 12.7. The third-order valence-electron chi connectivity index (χ3n) is 13.5. The molecule has 4 heteroatoms. The second-order valence-electron chi connectivity index (χ2n) is 19.2. The summed E-state index contributed by atoms with van der Waals surface area (Å²) in [5.74, 6) is 0. The van der Waals surface area contributed by atoms with Crippen LogP contribution in [0.1, 0.15) is 64.8 Å². The van der Waals surface area contributed by atoms with E-state index >= 15 is 0 Å². The lowest BCUT2D eigenvalue weighted by Gasteiger charge is -2.43. The lowest BCUT2D eigenvalue weighted by molar-refractivity contribution is 0.565. The molecule has 1 atom stereocenters. The van der Waals surface area contributed by atoms with Gasteiger partial charge in [-0.25, -0.2) is 0 Å². The molecule has 0 heterocycles. The van der Waals surface area contributed by atoms with Crippen molar-refractivity contribution in [3.63, 3.8) is 0 Å². The highest BCUT2D eigenvalue weighted by Crippen LogP contribution is 2.49. The molecule has 0 N–H and O–H groups in total. The van der Waals surface area contributed by atoms with Gasteiger partial charge in [0.15, 0.2) is 0 Å². The number of benzene rings is 8. The second-order valence-corrected chi connectivity index (χ2v) is 19.2. The minimum absolute atomic E-state index is 0.254. The number of hydrogen-bond acceptors (Lipinski definition) is 4. The SMILES string of the molecule is CC1=CC(C)(N(c2ccccc2)c2cc(C)c(N(c3cc(C)c(N(c4ccccc4)c4cccc(C)c4)cc3C)c3cc(C)c(N(c4ccccc4)c4cccc(C)c4)cc3C)cc2C)CC=C1. The maximum absolute atomic E-state index is 2.55. The molecule has 0 aromatic heterocycles. The summed E-state index contributed by atoms with van der Waals surface area (Å²) in [7, 11) is 0. The summed E-state index contributed by atoms with van der Waals surface area (Å²) in [6, 6.07) is 64.4. The standard InChI is InChI=1S/C64H64N4/c1-44-23-20-32-56(35-44)65(53-26-14-11-15-27-53)58-37-49(6)60(39-47(58)4)67(61-40-48(5)59(38-50(61)7)66(54-28-16-12-17-29-54)57-33-21-24-45(2)36-57)62-41-52(9)63(42-51(62)8)68(55-30-18-13-19-31-55)64(10)34-22-25-46(3)43-64/h11-33,35-43H,34H2,1-10H3. The molecule has 4 nitrogen and oxygen atoms in total. The fourth-order valence-electron chi connectivity index (χ4n) is 10.3. The third-order valence-corrected chi connectivity index (χ3v) is 13.5. The van der Waals surface area contributed by atoms with Gasteiger partial charge in [0.1, 0.15) is 0 Å². The summed E-state index contributed by atoms with van der Waals surface area (Å²) < 4.78 is 0. The summed E-state index contributed by atoms with van der Waals surface area (Å²) in [5.41, 5.74) is 23.3. The van der Waals surface area contributed by atoms with Crippen molar-refractivity contribution in [2.75, 3.05) is 19.6 Å². The van der Waals surface area contributed by atoms with E-state index in [1.54, 1.807) is 0 Å². The number of aryl methyl sites for hydroxylation is 8. The number of nitrogens with zero attached hydrogens (tertiary/aromatic N) is 4. The topological polar surface area (TPSA) is 13.0 Å². The Morgan fingerprint density at radius 1 is 0.338 bits per heavy atom. The van der Waals surface area contributed by atoms with Crippen LogP contribution in [0.5, 0.6) is 0 Å². The largest absolute Gasteiger partial charge is 0.331 e. The Morgan fingerprint density at radius 2 is 0.676 bits per heavy atom. The molecule has 1 aliphatic carbocycles. The molecule has 1 unspecified atom stereocenters. The van der Waals surface area contributed by atoms with Crippen molar-refractivity contribution in [2.24, 2.45) is 0 Å². The van der Waals surface area contributed by atoms with E-state index in [4.69, 9.17) is 0 Å². The van der Waals surface area contributed by atoms with Crippen LogP contribution in [-0.4, -0.2) is 5.54 Å². The van der Waals surface area contributed by atoms with Crippen LogP contribution >= 0.6 is 0 Å². The Morgan fingerprint density at radius 3 is 1.06 bits per heavy atom. The zero-order chi connectivity index (χ0) is 47.7. The molecule has 0 radical (unpaired) electrons. The third kappa shape index (κ3) is 8.99. The van der Waals surface area contributed by atoms with Gasteiger partial charge < -0.3 is 19.6 Å². The highest BCUT2D eigenvalue weighted by molar-refractivity contribution is 5.90. The van der Waals surface area contributed by atoms with Crippen molar-refractivity contribution in [3.05, 3.63) is 244 Å². The average Bonchev–Trinajstić information content (AvgIpc) is 3.32. The predicted molar refractivity (Wildman–Crippen MR) is 293 cm³/mol. The molecule has 0 fully saturated rings. The zero-order valence-corrected chi connectivity index (χ0v) is 41.5. The second kappa shape index (κ2) is 19.0. The summed E-state index contributed by atoms with van der Waals surface area (Å²) in [5, 5.41) is 0. The van der Waals surface area contributed by atoms with Crippen LogP contribution in [0, 0.1) is 55.4 Å². The minimum Gasteiger partial charge on any atom is -0.331 e.